The van der Waals surface area contributed by atoms with Crippen LogP contribution in [0, 0.1) is 0 Å². The number of aliphatic hydroxyl groups excluding tert-OH is 3. The molecule has 0 saturated carbocycles. The first-order chi connectivity index (χ1) is 9.15. The van der Waals surface area contributed by atoms with Crippen molar-refractivity contribution in [2.45, 2.75) is 43.5 Å². The van der Waals surface area contributed by atoms with E-state index >= 15 is 0 Å². The van der Waals surface area contributed by atoms with Crippen molar-refractivity contribution in [2.24, 2.45) is 5.11 Å². The highest BCUT2D eigenvalue weighted by atomic mass is 16.7. The Morgan fingerprint density at radius 2 is 2.16 bits per heavy atom. The summed E-state index contributed by atoms with van der Waals surface area (Å²) < 4.78 is 10.7. The molecular weight excluding hydrogens is 254 g/mol. The molecule has 0 aromatic carbocycles. The van der Waals surface area contributed by atoms with Crippen molar-refractivity contribution in [1.82, 2.24) is 0 Å². The molecule has 8 heteroatoms. The molecule has 1 saturated heterocycles. The summed E-state index contributed by atoms with van der Waals surface area (Å²) in [6.07, 6.45) is -1.42. The number of nitrogens with zero attached hydrogens (tertiary/aromatic N) is 3. The standard InChI is InChI=1S/C11H19N3O5/c1-2-3-4-5-18-11-8(13-14-12)10(17)9(16)7(6-15)19-11/h2,7-11,15-17H,1,3-6H2/t7-,8-,9-,10-,11?/m1/s1. The Morgan fingerprint density at radius 1 is 1.42 bits per heavy atom. The van der Waals surface area contributed by atoms with E-state index in [9.17, 15) is 10.2 Å². The summed E-state index contributed by atoms with van der Waals surface area (Å²) >= 11 is 0. The van der Waals surface area contributed by atoms with Crippen molar-refractivity contribution in [3.63, 3.8) is 0 Å². The van der Waals surface area contributed by atoms with E-state index in [1.165, 1.54) is 0 Å². The Bertz CT molecular complexity index is 334. The van der Waals surface area contributed by atoms with Gasteiger partial charge in [-0.3, -0.25) is 0 Å². The first kappa shape index (κ1) is 15.9. The van der Waals surface area contributed by atoms with Gasteiger partial charge in [-0.25, -0.2) is 0 Å². The van der Waals surface area contributed by atoms with E-state index in [0.29, 0.717) is 13.0 Å². The molecule has 108 valence electrons. The van der Waals surface area contributed by atoms with Gasteiger partial charge < -0.3 is 24.8 Å². The highest BCUT2D eigenvalue weighted by Gasteiger charge is 2.44. The predicted octanol–water partition coefficient (Wildman–Crippen LogP) is 0.0871. The molecule has 1 unspecified atom stereocenters. The van der Waals surface area contributed by atoms with Crippen LogP contribution in [-0.2, 0) is 9.47 Å². The van der Waals surface area contributed by atoms with Crippen LogP contribution in [0.3, 0.4) is 0 Å². The highest BCUT2D eigenvalue weighted by Crippen LogP contribution is 2.24. The largest absolute Gasteiger partial charge is 0.394 e. The Hall–Kier alpha value is -1.15. The summed E-state index contributed by atoms with van der Waals surface area (Å²) in [6.45, 7) is 3.44. The van der Waals surface area contributed by atoms with Crippen molar-refractivity contribution in [2.75, 3.05) is 13.2 Å². The highest BCUT2D eigenvalue weighted by molar-refractivity contribution is 4.93. The van der Waals surface area contributed by atoms with Gasteiger partial charge in [-0.05, 0) is 18.4 Å². The number of hydrogen-bond donors (Lipinski definition) is 3. The quantitative estimate of drug-likeness (QED) is 0.199. The Morgan fingerprint density at radius 3 is 2.74 bits per heavy atom. The van der Waals surface area contributed by atoms with Crippen molar-refractivity contribution in [3.05, 3.63) is 23.1 Å². The maximum Gasteiger partial charge on any atom is 0.169 e. The average Bonchev–Trinajstić information content (AvgIpc) is 2.42. The molecule has 0 spiro atoms. The molecule has 0 amide bonds. The Balaban J connectivity index is 2.66. The molecule has 0 aromatic heterocycles. The fourth-order valence-corrected chi connectivity index (χ4v) is 1.81. The SMILES string of the molecule is C=CCCCOC1O[C@H](CO)[C@@H](O)[C@H](O)[C@H]1N=[N+]=[N-]. The zero-order valence-electron chi connectivity index (χ0n) is 10.5. The lowest BCUT2D eigenvalue weighted by Gasteiger charge is -2.40. The van der Waals surface area contributed by atoms with E-state index in [0.717, 1.165) is 6.42 Å². The van der Waals surface area contributed by atoms with Crippen LogP contribution in [0.25, 0.3) is 10.4 Å². The summed E-state index contributed by atoms with van der Waals surface area (Å²) in [5, 5.41) is 32.0. The second-order valence-corrected chi connectivity index (χ2v) is 4.20. The second kappa shape index (κ2) is 8.11. The van der Waals surface area contributed by atoms with E-state index in [1.807, 2.05) is 0 Å². The van der Waals surface area contributed by atoms with E-state index in [1.54, 1.807) is 6.08 Å². The van der Waals surface area contributed by atoms with Gasteiger partial charge in [0.25, 0.3) is 0 Å². The van der Waals surface area contributed by atoms with Gasteiger partial charge >= 0.3 is 0 Å². The maximum absolute atomic E-state index is 9.84. The van der Waals surface area contributed by atoms with Gasteiger partial charge in [-0.1, -0.05) is 11.2 Å². The number of hydrogen-bond acceptors (Lipinski definition) is 6. The number of unbranched alkanes of at least 4 members (excludes halogenated alkanes) is 1. The predicted molar refractivity (Wildman–Crippen MR) is 66.1 cm³/mol. The fraction of sp³-hybridized carbons (Fsp3) is 0.818. The Labute approximate surface area is 110 Å². The lowest BCUT2D eigenvalue weighted by Crippen LogP contribution is -2.58. The van der Waals surface area contributed by atoms with E-state index in [4.69, 9.17) is 20.1 Å². The summed E-state index contributed by atoms with van der Waals surface area (Å²) in [6, 6.07) is -1.05. The van der Waals surface area contributed by atoms with E-state index in [2.05, 4.69) is 16.6 Å². The molecular formula is C11H19N3O5. The molecule has 1 heterocycles. The van der Waals surface area contributed by atoms with Crippen LogP contribution >= 0.6 is 0 Å². The summed E-state index contributed by atoms with van der Waals surface area (Å²) in [7, 11) is 0. The van der Waals surface area contributed by atoms with Crippen LogP contribution in [0.5, 0.6) is 0 Å². The molecule has 0 radical (unpaired) electrons. The molecule has 1 rings (SSSR count). The van der Waals surface area contributed by atoms with Crippen LogP contribution in [-0.4, -0.2) is 59.2 Å². The molecule has 3 N–H and O–H groups in total. The normalized spacial score (nSPS) is 34.6. The number of ether oxygens (including phenoxy) is 2. The summed E-state index contributed by atoms with van der Waals surface area (Å²) in [5.74, 6) is 0. The van der Waals surface area contributed by atoms with Crippen molar-refractivity contribution in [3.8, 4) is 0 Å². The van der Waals surface area contributed by atoms with Gasteiger partial charge in [0.15, 0.2) is 6.29 Å². The first-order valence-electron chi connectivity index (χ1n) is 6.04. The minimum absolute atomic E-state index is 0.328. The zero-order valence-corrected chi connectivity index (χ0v) is 10.5. The van der Waals surface area contributed by atoms with Crippen molar-refractivity contribution < 1.29 is 24.8 Å². The van der Waals surface area contributed by atoms with E-state index in [-0.39, 0.29) is 0 Å². The summed E-state index contributed by atoms with van der Waals surface area (Å²) in [5.41, 5.74) is 8.46. The number of rotatable bonds is 7. The average molecular weight is 273 g/mol. The molecule has 0 aliphatic carbocycles. The number of azide groups is 1. The second-order valence-electron chi connectivity index (χ2n) is 4.20. The first-order valence-corrected chi connectivity index (χ1v) is 6.04. The third kappa shape index (κ3) is 4.17. The van der Waals surface area contributed by atoms with Crippen LogP contribution in [0.2, 0.25) is 0 Å². The van der Waals surface area contributed by atoms with Gasteiger partial charge in [-0.15, -0.1) is 6.58 Å². The van der Waals surface area contributed by atoms with Crippen LogP contribution in [0.15, 0.2) is 17.8 Å². The number of aliphatic hydroxyl groups is 3. The lowest BCUT2D eigenvalue weighted by atomic mass is 9.98. The van der Waals surface area contributed by atoms with Crippen molar-refractivity contribution in [1.29, 1.82) is 0 Å². The monoisotopic (exact) mass is 273 g/mol. The van der Waals surface area contributed by atoms with Crippen LogP contribution in [0.4, 0.5) is 0 Å². The third-order valence-electron chi connectivity index (χ3n) is 2.87. The Kier molecular flexibility index (Phi) is 6.79. The molecule has 5 atom stereocenters. The fourth-order valence-electron chi connectivity index (χ4n) is 1.81. The molecule has 0 aromatic rings. The summed E-state index contributed by atoms with van der Waals surface area (Å²) in [4.78, 5) is 2.60. The maximum atomic E-state index is 9.84. The molecule has 8 nitrogen and oxygen atoms in total. The lowest BCUT2D eigenvalue weighted by molar-refractivity contribution is -0.265. The van der Waals surface area contributed by atoms with Gasteiger partial charge in [0.05, 0.1) is 19.3 Å². The van der Waals surface area contributed by atoms with Gasteiger partial charge in [0.1, 0.15) is 18.2 Å². The van der Waals surface area contributed by atoms with Gasteiger partial charge in [0, 0.05) is 4.91 Å². The van der Waals surface area contributed by atoms with Gasteiger partial charge in [-0.2, -0.15) is 0 Å². The smallest absolute Gasteiger partial charge is 0.169 e. The minimum Gasteiger partial charge on any atom is -0.394 e. The topological polar surface area (TPSA) is 128 Å². The van der Waals surface area contributed by atoms with Crippen LogP contribution < -0.4 is 0 Å². The number of allylic oxidation sites excluding steroid dienone is 1. The minimum atomic E-state index is -1.34. The van der Waals surface area contributed by atoms with E-state index < -0.39 is 37.3 Å². The van der Waals surface area contributed by atoms with Crippen molar-refractivity contribution >= 4 is 0 Å². The molecule has 0 bridgehead atoms. The molecule has 19 heavy (non-hydrogen) atoms. The van der Waals surface area contributed by atoms with Gasteiger partial charge in [0.2, 0.25) is 0 Å². The molecule has 1 aliphatic rings. The zero-order chi connectivity index (χ0) is 14.3. The molecule has 1 aliphatic heterocycles. The van der Waals surface area contributed by atoms with Crippen LogP contribution in [0.1, 0.15) is 12.8 Å². The third-order valence-corrected chi connectivity index (χ3v) is 2.87. The molecule has 1 fully saturated rings.